The molecule has 5 rings (SSSR count). The molecule has 4 aliphatic heterocycles. The molecular weight excluding hydrogens is 274 g/mol. The first-order valence-electron chi connectivity index (χ1n) is 7.71. The highest BCUT2D eigenvalue weighted by Crippen LogP contribution is 2.59. The molecule has 4 heterocycles. The van der Waals surface area contributed by atoms with Crippen molar-refractivity contribution in [1.29, 1.82) is 0 Å². The first-order valence-corrected chi connectivity index (χ1v) is 7.71. The standard InChI is InChI=1S/C15H22O5.H3N/c1-8-4-5-11-9(2)12(16)17-13-15(11)10(8)6-7-14(3,18-13)19-20-15;/h8-11,13H,4-7H2,1-3H3;1H3/t8-,9-,10+,11+,13-,14+,15-;/m1./s1. The van der Waals surface area contributed by atoms with Gasteiger partial charge in [0, 0.05) is 18.3 Å². The molecule has 1 aliphatic carbocycles. The van der Waals surface area contributed by atoms with Gasteiger partial charge in [-0.2, -0.15) is 0 Å². The Bertz CT molecular complexity index is 457. The molecule has 5 aliphatic rings. The maximum Gasteiger partial charge on any atom is 0.311 e. The van der Waals surface area contributed by atoms with Gasteiger partial charge in [0.25, 0.3) is 0 Å². The molecule has 0 aromatic carbocycles. The van der Waals surface area contributed by atoms with Crippen molar-refractivity contribution in [3.8, 4) is 0 Å². The van der Waals surface area contributed by atoms with Crippen LogP contribution in [0.1, 0.15) is 46.5 Å². The van der Waals surface area contributed by atoms with E-state index in [-0.39, 0.29) is 24.0 Å². The Morgan fingerprint density at radius 1 is 1.10 bits per heavy atom. The van der Waals surface area contributed by atoms with Crippen LogP contribution in [-0.4, -0.2) is 23.6 Å². The summed E-state index contributed by atoms with van der Waals surface area (Å²) in [5.74, 6) is -0.137. The summed E-state index contributed by atoms with van der Waals surface area (Å²) in [7, 11) is 0. The zero-order valence-corrected chi connectivity index (χ0v) is 13.0. The predicted molar refractivity (Wildman–Crippen MR) is 73.1 cm³/mol. The highest BCUT2D eigenvalue weighted by molar-refractivity contribution is 5.74. The first kappa shape index (κ1) is 15.2. The van der Waals surface area contributed by atoms with Crippen molar-refractivity contribution in [2.75, 3.05) is 0 Å². The third-order valence-corrected chi connectivity index (χ3v) is 5.97. The lowest BCUT2D eigenvalue weighted by atomic mass is 9.58. The second-order valence-electron chi connectivity index (χ2n) is 7.14. The summed E-state index contributed by atoms with van der Waals surface area (Å²) in [6, 6.07) is 0. The van der Waals surface area contributed by atoms with Crippen molar-refractivity contribution >= 4 is 5.97 Å². The van der Waals surface area contributed by atoms with E-state index in [0.29, 0.717) is 11.8 Å². The molecule has 2 bridgehead atoms. The monoisotopic (exact) mass is 299 g/mol. The molecule has 21 heavy (non-hydrogen) atoms. The average molecular weight is 299 g/mol. The third kappa shape index (κ3) is 1.82. The summed E-state index contributed by atoms with van der Waals surface area (Å²) in [6.07, 6.45) is 3.24. The van der Waals surface area contributed by atoms with Crippen molar-refractivity contribution in [1.82, 2.24) is 6.15 Å². The number of hydrogen-bond donors (Lipinski definition) is 1. The fraction of sp³-hybridized carbons (Fsp3) is 0.933. The van der Waals surface area contributed by atoms with Crippen molar-refractivity contribution in [2.24, 2.45) is 23.7 Å². The van der Waals surface area contributed by atoms with E-state index >= 15 is 0 Å². The van der Waals surface area contributed by atoms with Gasteiger partial charge in [0.05, 0.1) is 5.92 Å². The van der Waals surface area contributed by atoms with Gasteiger partial charge in [-0.3, -0.25) is 4.79 Å². The molecule has 0 aromatic rings. The zero-order valence-electron chi connectivity index (χ0n) is 13.0. The van der Waals surface area contributed by atoms with E-state index in [2.05, 4.69) is 6.92 Å². The number of rotatable bonds is 0. The molecule has 1 saturated carbocycles. The molecular formula is C15H25NO5. The highest BCUT2D eigenvalue weighted by atomic mass is 17.3. The molecule has 120 valence electrons. The van der Waals surface area contributed by atoms with Crippen LogP contribution >= 0.6 is 0 Å². The minimum absolute atomic E-state index is 0. The number of carbonyl (C=O) groups is 1. The van der Waals surface area contributed by atoms with Crippen molar-refractivity contribution in [2.45, 2.75) is 64.1 Å². The van der Waals surface area contributed by atoms with Crippen LogP contribution in [-0.2, 0) is 24.0 Å². The largest absolute Gasteiger partial charge is 0.432 e. The summed E-state index contributed by atoms with van der Waals surface area (Å²) >= 11 is 0. The van der Waals surface area contributed by atoms with Crippen LogP contribution in [0.3, 0.4) is 0 Å². The Kier molecular flexibility index (Phi) is 3.37. The van der Waals surface area contributed by atoms with Crippen LogP contribution in [0.2, 0.25) is 0 Å². The Hall–Kier alpha value is -0.690. The normalized spacial score (nSPS) is 55.0. The van der Waals surface area contributed by atoms with Gasteiger partial charge in [0.1, 0.15) is 0 Å². The molecule has 0 unspecified atom stereocenters. The zero-order chi connectivity index (χ0) is 14.1. The molecule has 0 radical (unpaired) electrons. The van der Waals surface area contributed by atoms with Gasteiger partial charge in [-0.1, -0.05) is 13.8 Å². The second-order valence-corrected chi connectivity index (χ2v) is 7.14. The number of fused-ring (bicyclic) bond motifs is 2. The SMILES string of the molecule is C[C@@H]1CC[C@H]2[C@@H](C)C(=O)O[C@@H]3O[C@]4(C)CC[C@@H]1[C@]32OO4.N. The Balaban J connectivity index is 0.00000132. The van der Waals surface area contributed by atoms with E-state index in [1.54, 1.807) is 0 Å². The highest BCUT2D eigenvalue weighted by Gasteiger charge is 2.69. The molecule has 1 spiro atoms. The van der Waals surface area contributed by atoms with E-state index in [0.717, 1.165) is 25.7 Å². The van der Waals surface area contributed by atoms with Gasteiger partial charge in [-0.05, 0) is 32.1 Å². The number of hydrogen-bond acceptors (Lipinski definition) is 6. The summed E-state index contributed by atoms with van der Waals surface area (Å²) in [5.41, 5.74) is -0.610. The van der Waals surface area contributed by atoms with Crippen LogP contribution in [0.25, 0.3) is 0 Å². The van der Waals surface area contributed by atoms with Crippen LogP contribution in [0.5, 0.6) is 0 Å². The fourth-order valence-electron chi connectivity index (χ4n) is 4.76. The van der Waals surface area contributed by atoms with Crippen LogP contribution in [0.4, 0.5) is 0 Å². The molecule has 3 N–H and O–H groups in total. The number of carbonyl (C=O) groups excluding carboxylic acids is 1. The molecule has 6 nitrogen and oxygen atoms in total. The molecule has 0 aromatic heterocycles. The van der Waals surface area contributed by atoms with E-state index in [4.69, 9.17) is 19.2 Å². The van der Waals surface area contributed by atoms with Crippen molar-refractivity contribution < 1.29 is 24.0 Å². The van der Waals surface area contributed by atoms with Crippen LogP contribution in [0, 0.1) is 23.7 Å². The summed E-state index contributed by atoms with van der Waals surface area (Å²) in [4.78, 5) is 23.7. The summed E-state index contributed by atoms with van der Waals surface area (Å²) < 4.78 is 11.6. The Morgan fingerprint density at radius 3 is 2.62 bits per heavy atom. The number of ether oxygens (including phenoxy) is 2. The van der Waals surface area contributed by atoms with E-state index in [1.807, 2.05) is 13.8 Å². The molecule has 0 amide bonds. The minimum Gasteiger partial charge on any atom is -0.432 e. The second kappa shape index (κ2) is 4.65. The minimum atomic E-state index is -0.793. The quantitative estimate of drug-likeness (QED) is 0.546. The maximum absolute atomic E-state index is 12.1. The Labute approximate surface area is 125 Å². The molecule has 5 fully saturated rings. The number of esters is 1. The van der Waals surface area contributed by atoms with Crippen LogP contribution in [0.15, 0.2) is 0 Å². The van der Waals surface area contributed by atoms with E-state index in [1.165, 1.54) is 0 Å². The summed E-state index contributed by atoms with van der Waals surface area (Å²) in [6.45, 7) is 6.06. The Morgan fingerprint density at radius 2 is 1.86 bits per heavy atom. The predicted octanol–water partition coefficient (Wildman–Crippen LogP) is 2.56. The van der Waals surface area contributed by atoms with Gasteiger partial charge in [-0.15, -0.1) is 0 Å². The summed E-state index contributed by atoms with van der Waals surface area (Å²) in [5, 5.41) is 0. The third-order valence-electron chi connectivity index (χ3n) is 5.97. The lowest BCUT2D eigenvalue weighted by Crippen LogP contribution is -2.69. The molecule has 6 heteroatoms. The topological polar surface area (TPSA) is 89.0 Å². The molecule has 7 atom stereocenters. The van der Waals surface area contributed by atoms with E-state index < -0.39 is 17.7 Å². The van der Waals surface area contributed by atoms with Gasteiger partial charge >= 0.3 is 5.97 Å². The van der Waals surface area contributed by atoms with Gasteiger partial charge in [-0.25, -0.2) is 9.78 Å². The van der Waals surface area contributed by atoms with E-state index in [9.17, 15) is 4.79 Å². The molecule has 4 saturated heterocycles. The van der Waals surface area contributed by atoms with Crippen LogP contribution < -0.4 is 6.15 Å². The average Bonchev–Trinajstić information content (AvgIpc) is 2.63. The smallest absolute Gasteiger partial charge is 0.311 e. The fourth-order valence-corrected chi connectivity index (χ4v) is 4.76. The van der Waals surface area contributed by atoms with Gasteiger partial charge in [0.2, 0.25) is 12.1 Å². The first-order chi connectivity index (χ1) is 9.46. The van der Waals surface area contributed by atoms with Gasteiger partial charge < -0.3 is 15.6 Å². The van der Waals surface area contributed by atoms with Gasteiger partial charge in [0.15, 0.2) is 5.60 Å². The van der Waals surface area contributed by atoms with Crippen molar-refractivity contribution in [3.63, 3.8) is 0 Å². The van der Waals surface area contributed by atoms with Crippen molar-refractivity contribution in [3.05, 3.63) is 0 Å². The lowest BCUT2D eigenvalue weighted by Gasteiger charge is -2.57. The maximum atomic E-state index is 12.1. The lowest BCUT2D eigenvalue weighted by molar-refractivity contribution is -0.559.